The molecule has 2 saturated heterocycles. The molecule has 2 heterocycles. The summed E-state index contributed by atoms with van der Waals surface area (Å²) in [5.41, 5.74) is 1.02. The summed E-state index contributed by atoms with van der Waals surface area (Å²) in [6.07, 6.45) is -3.03. The van der Waals surface area contributed by atoms with E-state index in [-0.39, 0.29) is 6.10 Å². The van der Waals surface area contributed by atoms with Gasteiger partial charge in [-0.05, 0) is 19.4 Å². The van der Waals surface area contributed by atoms with Crippen LogP contribution in [-0.2, 0) is 30.3 Å². The fourth-order valence-electron chi connectivity index (χ4n) is 2.95. The van der Waals surface area contributed by atoms with Gasteiger partial charge in [-0.2, -0.15) is 0 Å². The van der Waals surface area contributed by atoms with E-state index in [1.807, 2.05) is 44.2 Å². The molecule has 0 aromatic heterocycles. The molecular formula is C17H24O6. The third-order valence-electron chi connectivity index (χ3n) is 4.15. The molecule has 0 aliphatic carbocycles. The van der Waals surface area contributed by atoms with Gasteiger partial charge in [0.2, 0.25) is 0 Å². The van der Waals surface area contributed by atoms with Crippen LogP contribution < -0.4 is 0 Å². The summed E-state index contributed by atoms with van der Waals surface area (Å²) >= 11 is 0. The van der Waals surface area contributed by atoms with E-state index in [1.165, 1.54) is 7.11 Å². The molecular weight excluding hydrogens is 300 g/mol. The molecule has 1 aromatic rings. The lowest BCUT2D eigenvalue weighted by Gasteiger charge is -2.49. The van der Waals surface area contributed by atoms with Crippen LogP contribution in [0.25, 0.3) is 0 Å². The van der Waals surface area contributed by atoms with E-state index in [2.05, 4.69) is 0 Å². The molecule has 0 unspecified atom stereocenters. The van der Waals surface area contributed by atoms with Crippen molar-refractivity contribution in [1.82, 2.24) is 0 Å². The van der Waals surface area contributed by atoms with Crippen molar-refractivity contribution in [3.8, 4) is 0 Å². The Kier molecular flexibility index (Phi) is 5.01. The highest BCUT2D eigenvalue weighted by Crippen LogP contribution is 2.33. The van der Waals surface area contributed by atoms with E-state index in [9.17, 15) is 5.11 Å². The van der Waals surface area contributed by atoms with Crippen LogP contribution in [-0.4, -0.2) is 55.3 Å². The van der Waals surface area contributed by atoms with E-state index in [0.29, 0.717) is 13.2 Å². The Bertz CT molecular complexity index is 505. The maximum atomic E-state index is 10.7. The topological polar surface area (TPSA) is 66.4 Å². The second-order valence-electron chi connectivity index (χ2n) is 6.32. The summed E-state index contributed by atoms with van der Waals surface area (Å²) in [6, 6.07) is 9.77. The van der Waals surface area contributed by atoms with Gasteiger partial charge in [0, 0.05) is 7.11 Å². The summed E-state index contributed by atoms with van der Waals surface area (Å²) in [7, 11) is 1.53. The molecule has 5 atom stereocenters. The third kappa shape index (κ3) is 3.74. The smallest absolute Gasteiger partial charge is 0.186 e. The van der Waals surface area contributed by atoms with Gasteiger partial charge in [0.05, 0.1) is 13.2 Å². The molecule has 1 N–H and O–H groups in total. The van der Waals surface area contributed by atoms with Gasteiger partial charge in [0.1, 0.15) is 24.4 Å². The highest BCUT2D eigenvalue weighted by molar-refractivity contribution is 5.13. The molecule has 1 aromatic carbocycles. The predicted molar refractivity (Wildman–Crippen MR) is 81.6 cm³/mol. The lowest BCUT2D eigenvalue weighted by atomic mass is 9.97. The molecule has 0 bridgehead atoms. The number of hydrogen-bond acceptors (Lipinski definition) is 6. The van der Waals surface area contributed by atoms with Gasteiger partial charge in [-0.3, -0.25) is 0 Å². The molecule has 0 radical (unpaired) electrons. The minimum Gasteiger partial charge on any atom is -0.387 e. The van der Waals surface area contributed by atoms with Crippen LogP contribution >= 0.6 is 0 Å². The lowest BCUT2D eigenvalue weighted by molar-refractivity contribution is -0.384. The first-order chi connectivity index (χ1) is 11.0. The number of ether oxygens (including phenoxy) is 5. The maximum Gasteiger partial charge on any atom is 0.186 e. The Morgan fingerprint density at radius 2 is 2.00 bits per heavy atom. The quantitative estimate of drug-likeness (QED) is 0.904. The molecule has 0 spiro atoms. The largest absolute Gasteiger partial charge is 0.387 e. The van der Waals surface area contributed by atoms with Crippen molar-refractivity contribution in [2.24, 2.45) is 0 Å². The van der Waals surface area contributed by atoms with Crippen molar-refractivity contribution in [3.63, 3.8) is 0 Å². The van der Waals surface area contributed by atoms with Crippen molar-refractivity contribution in [3.05, 3.63) is 35.9 Å². The Balaban J connectivity index is 1.70. The Morgan fingerprint density at radius 3 is 2.70 bits per heavy atom. The van der Waals surface area contributed by atoms with Gasteiger partial charge in [-0.15, -0.1) is 0 Å². The molecule has 23 heavy (non-hydrogen) atoms. The molecule has 6 nitrogen and oxygen atoms in total. The summed E-state index contributed by atoms with van der Waals surface area (Å²) < 4.78 is 28.5. The van der Waals surface area contributed by atoms with E-state index in [0.717, 1.165) is 5.56 Å². The van der Waals surface area contributed by atoms with Gasteiger partial charge >= 0.3 is 0 Å². The number of aliphatic hydroxyl groups excluding tert-OH is 1. The van der Waals surface area contributed by atoms with Crippen LogP contribution in [0.2, 0.25) is 0 Å². The zero-order chi connectivity index (χ0) is 16.4. The van der Waals surface area contributed by atoms with Crippen LogP contribution in [0.5, 0.6) is 0 Å². The van der Waals surface area contributed by atoms with Gasteiger partial charge in [-0.25, -0.2) is 0 Å². The summed E-state index contributed by atoms with van der Waals surface area (Å²) in [5.74, 6) is -0.755. The van der Waals surface area contributed by atoms with Crippen molar-refractivity contribution in [2.45, 2.75) is 56.9 Å². The first-order valence-corrected chi connectivity index (χ1v) is 7.84. The fraction of sp³-hybridized carbons (Fsp3) is 0.647. The van der Waals surface area contributed by atoms with Crippen LogP contribution in [0.3, 0.4) is 0 Å². The Hall–Kier alpha value is -1.02. The van der Waals surface area contributed by atoms with Crippen molar-refractivity contribution >= 4 is 0 Å². The predicted octanol–water partition coefficient (Wildman–Crippen LogP) is 1.46. The zero-order valence-corrected chi connectivity index (χ0v) is 13.7. The van der Waals surface area contributed by atoms with Crippen molar-refractivity contribution in [2.75, 3.05) is 13.7 Å². The Labute approximate surface area is 136 Å². The lowest BCUT2D eigenvalue weighted by Crippen LogP contribution is -2.65. The first-order valence-electron chi connectivity index (χ1n) is 7.84. The van der Waals surface area contributed by atoms with Crippen LogP contribution in [0.15, 0.2) is 30.3 Å². The minimum absolute atomic E-state index is 0.347. The average Bonchev–Trinajstić information content (AvgIpc) is 2.55. The number of fused-ring (bicyclic) bond motifs is 1. The van der Waals surface area contributed by atoms with Crippen LogP contribution in [0.1, 0.15) is 19.4 Å². The molecule has 2 fully saturated rings. The fourth-order valence-corrected chi connectivity index (χ4v) is 2.95. The summed E-state index contributed by atoms with van der Waals surface area (Å²) in [5, 5.41) is 10.7. The molecule has 2 aliphatic heterocycles. The highest BCUT2D eigenvalue weighted by Gasteiger charge is 2.51. The van der Waals surface area contributed by atoms with E-state index >= 15 is 0 Å². The SMILES string of the molecule is CO[C@H]1O[C@@H]2COC(C)(C)O[C@H]2[C@H](O)[C@@H]1OCc1ccccc1. The van der Waals surface area contributed by atoms with E-state index in [1.54, 1.807) is 0 Å². The average molecular weight is 324 g/mol. The van der Waals surface area contributed by atoms with Crippen molar-refractivity contribution in [1.29, 1.82) is 0 Å². The van der Waals surface area contributed by atoms with Gasteiger partial charge < -0.3 is 28.8 Å². The summed E-state index contributed by atoms with van der Waals surface area (Å²) in [4.78, 5) is 0. The highest BCUT2D eigenvalue weighted by atomic mass is 16.8. The monoisotopic (exact) mass is 324 g/mol. The van der Waals surface area contributed by atoms with Gasteiger partial charge in [0.25, 0.3) is 0 Å². The molecule has 0 amide bonds. The standard InChI is InChI=1S/C17H24O6/c1-17(2)21-10-12-14(23-17)13(18)15(16(19-3)22-12)20-9-11-7-5-4-6-8-11/h4-8,12-16,18H,9-10H2,1-3H3/t12-,13+,14-,15+,16+/m1/s1. The normalized spacial score (nSPS) is 36.4. The van der Waals surface area contributed by atoms with E-state index in [4.69, 9.17) is 23.7 Å². The van der Waals surface area contributed by atoms with Gasteiger partial charge in [-0.1, -0.05) is 30.3 Å². The Morgan fingerprint density at radius 1 is 1.26 bits per heavy atom. The maximum absolute atomic E-state index is 10.7. The number of benzene rings is 1. The third-order valence-corrected chi connectivity index (χ3v) is 4.15. The number of hydrogen-bond donors (Lipinski definition) is 1. The van der Waals surface area contributed by atoms with Crippen molar-refractivity contribution < 1.29 is 28.8 Å². The number of methoxy groups -OCH3 is 1. The minimum atomic E-state index is -0.856. The van der Waals surface area contributed by atoms with E-state index < -0.39 is 30.4 Å². The first kappa shape index (κ1) is 16.8. The van der Waals surface area contributed by atoms with Gasteiger partial charge in [0.15, 0.2) is 12.1 Å². The molecule has 128 valence electrons. The molecule has 6 heteroatoms. The molecule has 0 saturated carbocycles. The second-order valence-corrected chi connectivity index (χ2v) is 6.32. The molecule has 2 aliphatic rings. The second kappa shape index (κ2) is 6.84. The van der Waals surface area contributed by atoms with Crippen LogP contribution in [0, 0.1) is 0 Å². The summed E-state index contributed by atoms with van der Waals surface area (Å²) in [6.45, 7) is 4.35. The number of rotatable bonds is 4. The molecule has 3 rings (SSSR count). The zero-order valence-electron chi connectivity index (χ0n) is 13.7. The van der Waals surface area contributed by atoms with Crippen LogP contribution in [0.4, 0.5) is 0 Å². The number of aliphatic hydroxyl groups is 1.